The predicted molar refractivity (Wildman–Crippen MR) is 58.9 cm³/mol. The van der Waals surface area contributed by atoms with Gasteiger partial charge in [-0.25, -0.2) is 0 Å². The normalized spacial score (nSPS) is 8.36. The highest BCUT2D eigenvalue weighted by atomic mass is 32.1. The second-order valence-corrected chi connectivity index (χ2v) is 2.87. The number of furan rings is 1. The van der Waals surface area contributed by atoms with Gasteiger partial charge in [0.15, 0.2) is 0 Å². The van der Waals surface area contributed by atoms with Crippen molar-refractivity contribution >= 4 is 35.3 Å². The van der Waals surface area contributed by atoms with Crippen molar-refractivity contribution in [3.05, 3.63) is 24.2 Å². The third-order valence-corrected chi connectivity index (χ3v) is 1.05. The standard InChI is InChI=1S/C6H7NO2S.CH3NOS/c7-6(10)9-4-5-2-1-3-8-5;2-1(3)4/h1-3H,4H2,(H2,7,10);(H3,2,3,4). The molecular weight excluding hydrogens is 224 g/mol. The molecule has 0 aliphatic heterocycles. The molecule has 0 bridgehead atoms. The number of amides is 1. The Hall–Kier alpha value is -1.21. The number of rotatable bonds is 2. The van der Waals surface area contributed by atoms with Crippen LogP contribution in [-0.4, -0.2) is 10.4 Å². The number of primary amides is 1. The third kappa shape index (κ3) is 8.88. The maximum atomic E-state index is 9.09. The molecule has 4 N–H and O–H groups in total. The molecule has 0 saturated carbocycles. The van der Waals surface area contributed by atoms with Crippen molar-refractivity contribution in [3.8, 4) is 0 Å². The second-order valence-electron chi connectivity index (χ2n) is 2.03. The number of thiocarbonyl (C=S) groups is 1. The van der Waals surface area contributed by atoms with Crippen LogP contribution in [-0.2, 0) is 11.3 Å². The van der Waals surface area contributed by atoms with Gasteiger partial charge in [0, 0.05) is 0 Å². The lowest BCUT2D eigenvalue weighted by Gasteiger charge is -1.97. The fourth-order valence-electron chi connectivity index (χ4n) is 0.537. The van der Waals surface area contributed by atoms with Crippen LogP contribution in [0.3, 0.4) is 0 Å². The van der Waals surface area contributed by atoms with Crippen molar-refractivity contribution in [2.45, 2.75) is 6.61 Å². The van der Waals surface area contributed by atoms with Crippen LogP contribution >= 0.6 is 24.8 Å². The van der Waals surface area contributed by atoms with E-state index in [0.29, 0.717) is 12.4 Å². The Labute approximate surface area is 91.8 Å². The Morgan fingerprint density at radius 3 is 2.57 bits per heavy atom. The summed E-state index contributed by atoms with van der Waals surface area (Å²) in [5.41, 5.74) is 9.41. The number of hydrogen-bond donors (Lipinski definition) is 3. The van der Waals surface area contributed by atoms with E-state index < -0.39 is 5.24 Å². The average molecular weight is 234 g/mol. The molecule has 1 rings (SSSR count). The van der Waals surface area contributed by atoms with Gasteiger partial charge in [0.05, 0.1) is 6.26 Å². The van der Waals surface area contributed by atoms with Gasteiger partial charge in [0.2, 0.25) is 0 Å². The van der Waals surface area contributed by atoms with E-state index in [9.17, 15) is 0 Å². The number of carbonyl (C=O) groups excluding carboxylic acids is 1. The van der Waals surface area contributed by atoms with E-state index in [1.807, 2.05) is 0 Å². The Kier molecular flexibility index (Phi) is 6.59. The molecule has 0 spiro atoms. The van der Waals surface area contributed by atoms with Crippen LogP contribution in [0.25, 0.3) is 0 Å². The SMILES string of the molecule is NC(=O)S.NC(=S)OCc1ccco1. The maximum Gasteiger partial charge on any atom is 0.273 e. The van der Waals surface area contributed by atoms with Crippen LogP contribution in [0, 0.1) is 0 Å². The lowest BCUT2D eigenvalue weighted by Crippen LogP contribution is -2.11. The van der Waals surface area contributed by atoms with Gasteiger partial charge in [0.1, 0.15) is 12.4 Å². The molecule has 5 nitrogen and oxygen atoms in total. The highest BCUT2D eigenvalue weighted by molar-refractivity contribution is 7.96. The quantitative estimate of drug-likeness (QED) is 0.525. The summed E-state index contributed by atoms with van der Waals surface area (Å²) in [6.07, 6.45) is 1.57. The molecule has 7 heteroatoms. The molecule has 1 amide bonds. The van der Waals surface area contributed by atoms with Gasteiger partial charge in [-0.2, -0.15) is 0 Å². The van der Waals surface area contributed by atoms with Gasteiger partial charge < -0.3 is 20.6 Å². The van der Waals surface area contributed by atoms with E-state index in [1.165, 1.54) is 0 Å². The summed E-state index contributed by atoms with van der Waals surface area (Å²) in [6, 6.07) is 3.57. The number of nitrogens with two attached hydrogens (primary N) is 2. The highest BCUT2D eigenvalue weighted by Gasteiger charge is 1.94. The molecule has 0 aromatic carbocycles. The first-order valence-corrected chi connectivity index (χ1v) is 4.31. The average Bonchev–Trinajstić information content (AvgIpc) is 2.51. The predicted octanol–water partition coefficient (Wildman–Crippen LogP) is 1.03. The fraction of sp³-hybridized carbons (Fsp3) is 0.143. The van der Waals surface area contributed by atoms with E-state index in [1.54, 1.807) is 18.4 Å². The third-order valence-electron chi connectivity index (χ3n) is 0.937. The van der Waals surface area contributed by atoms with Crippen molar-refractivity contribution in [2.75, 3.05) is 0 Å². The van der Waals surface area contributed by atoms with Crippen LogP contribution in [0.2, 0.25) is 0 Å². The van der Waals surface area contributed by atoms with Crippen molar-refractivity contribution in [2.24, 2.45) is 11.5 Å². The van der Waals surface area contributed by atoms with E-state index in [4.69, 9.17) is 19.7 Å². The number of carbonyl (C=O) groups is 1. The van der Waals surface area contributed by atoms with Gasteiger partial charge in [0.25, 0.3) is 10.4 Å². The summed E-state index contributed by atoms with van der Waals surface area (Å²) < 4.78 is 9.75. The van der Waals surface area contributed by atoms with Crippen LogP contribution in [0.4, 0.5) is 4.79 Å². The molecule has 14 heavy (non-hydrogen) atoms. The number of thiol groups is 1. The van der Waals surface area contributed by atoms with Gasteiger partial charge in [-0.1, -0.05) is 12.6 Å². The van der Waals surface area contributed by atoms with Crippen molar-refractivity contribution < 1.29 is 13.9 Å². The maximum absolute atomic E-state index is 9.09. The minimum atomic E-state index is -0.639. The lowest BCUT2D eigenvalue weighted by molar-refractivity contribution is 0.261. The summed E-state index contributed by atoms with van der Waals surface area (Å²) in [7, 11) is 0. The molecule has 0 atom stereocenters. The van der Waals surface area contributed by atoms with E-state index in [2.05, 4.69) is 30.6 Å². The Balaban J connectivity index is 0.000000364. The first kappa shape index (κ1) is 12.8. The van der Waals surface area contributed by atoms with Gasteiger partial charge in [-0.15, -0.1) is 0 Å². The summed E-state index contributed by atoms with van der Waals surface area (Å²) in [6.45, 7) is 0.308. The molecule has 78 valence electrons. The Morgan fingerprint density at radius 2 is 2.21 bits per heavy atom. The zero-order chi connectivity index (χ0) is 11.0. The van der Waals surface area contributed by atoms with Gasteiger partial charge in [-0.05, 0) is 24.4 Å². The van der Waals surface area contributed by atoms with Crippen LogP contribution in [0.15, 0.2) is 22.8 Å². The van der Waals surface area contributed by atoms with E-state index in [0.717, 1.165) is 0 Å². The molecular formula is C7H10N2O3S2. The topological polar surface area (TPSA) is 91.5 Å². The molecule has 0 fully saturated rings. The van der Waals surface area contributed by atoms with Crippen molar-refractivity contribution in [1.29, 1.82) is 0 Å². The zero-order valence-corrected chi connectivity index (χ0v) is 8.88. The summed E-state index contributed by atoms with van der Waals surface area (Å²) >= 11 is 7.59. The smallest absolute Gasteiger partial charge is 0.273 e. The first-order chi connectivity index (χ1) is 6.52. The summed E-state index contributed by atoms with van der Waals surface area (Å²) in [5.74, 6) is 0.716. The minimum absolute atomic E-state index is 0.0383. The van der Waals surface area contributed by atoms with Crippen LogP contribution < -0.4 is 11.5 Å². The first-order valence-electron chi connectivity index (χ1n) is 3.45. The van der Waals surface area contributed by atoms with Crippen LogP contribution in [0.5, 0.6) is 0 Å². The van der Waals surface area contributed by atoms with Crippen molar-refractivity contribution in [1.82, 2.24) is 0 Å². The molecule has 0 unspecified atom stereocenters. The fourth-order valence-corrected chi connectivity index (χ4v) is 0.596. The molecule has 0 aliphatic carbocycles. The van der Waals surface area contributed by atoms with Gasteiger partial charge in [-0.3, -0.25) is 4.79 Å². The molecule has 1 aromatic heterocycles. The Bertz CT molecular complexity index is 283. The second kappa shape index (κ2) is 7.22. The molecule has 1 aromatic rings. The van der Waals surface area contributed by atoms with Crippen LogP contribution in [0.1, 0.15) is 5.76 Å². The zero-order valence-electron chi connectivity index (χ0n) is 7.17. The molecule has 1 heterocycles. The minimum Gasteiger partial charge on any atom is -0.466 e. The molecule has 0 aliphatic rings. The summed E-state index contributed by atoms with van der Waals surface area (Å²) in [5, 5.41) is -0.601. The Morgan fingerprint density at radius 1 is 1.64 bits per heavy atom. The van der Waals surface area contributed by atoms with Crippen molar-refractivity contribution in [3.63, 3.8) is 0 Å². The summed E-state index contributed by atoms with van der Waals surface area (Å²) in [4.78, 5) is 9.09. The van der Waals surface area contributed by atoms with E-state index >= 15 is 0 Å². The van der Waals surface area contributed by atoms with E-state index in [-0.39, 0.29) is 5.17 Å². The molecule has 0 radical (unpaired) electrons. The highest BCUT2D eigenvalue weighted by Crippen LogP contribution is 2.00. The number of ether oxygens (including phenoxy) is 1. The molecule has 0 saturated heterocycles. The number of hydrogen-bond acceptors (Lipinski definition) is 4. The largest absolute Gasteiger partial charge is 0.466 e. The monoisotopic (exact) mass is 234 g/mol. The lowest BCUT2D eigenvalue weighted by atomic mass is 10.5. The van der Waals surface area contributed by atoms with Gasteiger partial charge >= 0.3 is 0 Å².